The smallest absolute Gasteiger partial charge is 0.350 e. The van der Waals surface area contributed by atoms with E-state index in [9.17, 15) is 9.59 Å². The van der Waals surface area contributed by atoms with Crippen molar-refractivity contribution in [3.63, 3.8) is 0 Å². The number of hydrogen-bond acceptors (Lipinski definition) is 6. The van der Waals surface area contributed by atoms with Crippen LogP contribution in [-0.4, -0.2) is 31.8 Å². The molecule has 0 aliphatic heterocycles. The van der Waals surface area contributed by atoms with Gasteiger partial charge in [-0.25, -0.2) is 9.59 Å². The minimum atomic E-state index is -0.621. The van der Waals surface area contributed by atoms with Crippen LogP contribution in [0.15, 0.2) is 18.2 Å². The van der Waals surface area contributed by atoms with Gasteiger partial charge in [0, 0.05) is 10.1 Å². The van der Waals surface area contributed by atoms with E-state index in [2.05, 4.69) is 20.8 Å². The van der Waals surface area contributed by atoms with Gasteiger partial charge in [0.05, 0.1) is 12.1 Å². The fraction of sp³-hybridized carbons (Fsp3) is 0.545. The molecule has 0 saturated heterocycles. The summed E-state index contributed by atoms with van der Waals surface area (Å²) in [5.41, 5.74) is 0. The number of ether oxygens (including phenoxy) is 3. The lowest BCUT2D eigenvalue weighted by molar-refractivity contribution is -0.159. The maximum absolute atomic E-state index is 12.5. The zero-order valence-corrected chi connectivity index (χ0v) is 18.8. The predicted molar refractivity (Wildman–Crippen MR) is 115 cm³/mol. The largest absolute Gasteiger partial charge is 0.497 e. The summed E-state index contributed by atoms with van der Waals surface area (Å²) in [6.07, 6.45) is 2.94. The number of carbonyl (C=O) groups excluding carboxylic acids is 2. The molecular formula is C22H27ClO5S. The van der Waals surface area contributed by atoms with Gasteiger partial charge in [0.1, 0.15) is 16.7 Å². The second-order valence-electron chi connectivity index (χ2n) is 8.04. The minimum Gasteiger partial charge on any atom is -0.497 e. The summed E-state index contributed by atoms with van der Waals surface area (Å²) in [7, 11) is 1.58. The number of methoxy groups -OCH3 is 1. The Morgan fingerprint density at radius 2 is 2.03 bits per heavy atom. The molecule has 0 N–H and O–H groups in total. The van der Waals surface area contributed by atoms with E-state index >= 15 is 0 Å². The Labute approximate surface area is 180 Å². The summed E-state index contributed by atoms with van der Waals surface area (Å²) in [6.45, 7) is 6.07. The monoisotopic (exact) mass is 438 g/mol. The normalized spacial score (nSPS) is 21.9. The van der Waals surface area contributed by atoms with Gasteiger partial charge >= 0.3 is 11.9 Å². The van der Waals surface area contributed by atoms with Crippen molar-refractivity contribution in [3.05, 3.63) is 28.1 Å². The van der Waals surface area contributed by atoms with Gasteiger partial charge in [0.2, 0.25) is 0 Å². The molecule has 1 saturated carbocycles. The fourth-order valence-electron chi connectivity index (χ4n) is 3.95. The number of carbonyl (C=O) groups is 2. The molecule has 29 heavy (non-hydrogen) atoms. The first kappa shape index (κ1) is 21.9. The van der Waals surface area contributed by atoms with Crippen LogP contribution in [0, 0.1) is 17.8 Å². The lowest BCUT2D eigenvalue weighted by atomic mass is 9.75. The first-order valence-corrected chi connectivity index (χ1v) is 11.1. The molecule has 0 spiro atoms. The summed E-state index contributed by atoms with van der Waals surface area (Å²) in [4.78, 5) is 25.1. The quantitative estimate of drug-likeness (QED) is 0.539. The average Bonchev–Trinajstić information content (AvgIpc) is 3.02. The molecule has 1 heterocycles. The first-order chi connectivity index (χ1) is 13.8. The van der Waals surface area contributed by atoms with Crippen molar-refractivity contribution in [2.24, 2.45) is 17.8 Å². The van der Waals surface area contributed by atoms with Crippen LogP contribution in [0.2, 0.25) is 5.02 Å². The van der Waals surface area contributed by atoms with E-state index in [1.54, 1.807) is 19.2 Å². The molecule has 0 radical (unpaired) electrons. The molecular weight excluding hydrogens is 412 g/mol. The molecule has 1 aromatic heterocycles. The minimum absolute atomic E-state index is 0.120. The van der Waals surface area contributed by atoms with Crippen LogP contribution in [0.4, 0.5) is 0 Å². The van der Waals surface area contributed by atoms with E-state index in [1.165, 1.54) is 11.3 Å². The Balaban J connectivity index is 1.62. The van der Waals surface area contributed by atoms with E-state index in [0.29, 0.717) is 28.5 Å². The van der Waals surface area contributed by atoms with Crippen LogP contribution in [0.3, 0.4) is 0 Å². The predicted octanol–water partition coefficient (Wildman–Crippen LogP) is 5.72. The van der Waals surface area contributed by atoms with Gasteiger partial charge in [-0.15, -0.1) is 11.3 Å². The van der Waals surface area contributed by atoms with E-state index < -0.39 is 18.5 Å². The van der Waals surface area contributed by atoms with E-state index in [4.69, 9.17) is 25.8 Å². The highest BCUT2D eigenvalue weighted by atomic mass is 35.5. The Morgan fingerprint density at radius 1 is 1.28 bits per heavy atom. The highest BCUT2D eigenvalue weighted by Crippen LogP contribution is 2.38. The van der Waals surface area contributed by atoms with Gasteiger partial charge in [-0.1, -0.05) is 38.8 Å². The molecule has 1 aliphatic rings. The van der Waals surface area contributed by atoms with Crippen molar-refractivity contribution in [2.45, 2.75) is 46.1 Å². The number of hydrogen-bond donors (Lipinski definition) is 0. The Kier molecular flexibility index (Phi) is 7.06. The summed E-state index contributed by atoms with van der Waals surface area (Å²) in [5.74, 6) is 0.863. The van der Waals surface area contributed by atoms with Crippen molar-refractivity contribution in [1.82, 2.24) is 0 Å². The summed E-state index contributed by atoms with van der Waals surface area (Å²) in [5, 5.41) is 1.08. The van der Waals surface area contributed by atoms with Crippen LogP contribution in [0.5, 0.6) is 5.75 Å². The zero-order valence-electron chi connectivity index (χ0n) is 17.2. The van der Waals surface area contributed by atoms with Crippen molar-refractivity contribution in [3.8, 4) is 5.75 Å². The number of rotatable bonds is 6. The van der Waals surface area contributed by atoms with Gasteiger partial charge in [0.15, 0.2) is 6.61 Å². The van der Waals surface area contributed by atoms with Crippen LogP contribution in [0.25, 0.3) is 10.1 Å². The highest BCUT2D eigenvalue weighted by molar-refractivity contribution is 7.21. The molecule has 3 atom stereocenters. The molecule has 1 fully saturated rings. The number of thiophene rings is 1. The maximum atomic E-state index is 12.5. The van der Waals surface area contributed by atoms with Crippen molar-refractivity contribution in [2.75, 3.05) is 13.7 Å². The number of fused-ring (bicyclic) bond motifs is 1. The standard InChI is InChI=1S/C22H27ClO5S/c1-12(2)15-7-5-13(3)9-17(15)28-19(24)11-27-22(25)21-20(23)16-8-6-14(26-4)10-18(16)29-21/h6,8,10,12-13,15,17H,5,7,9,11H2,1-4H3. The van der Waals surface area contributed by atoms with Gasteiger partial charge < -0.3 is 14.2 Å². The molecule has 7 heteroatoms. The SMILES string of the molecule is COc1ccc2c(Cl)c(C(=O)OCC(=O)OC3CC(C)CCC3C(C)C)sc2c1. The highest BCUT2D eigenvalue weighted by Gasteiger charge is 2.33. The summed E-state index contributed by atoms with van der Waals surface area (Å²) in [6, 6.07) is 5.39. The van der Waals surface area contributed by atoms with Crippen LogP contribution < -0.4 is 4.74 Å². The summed E-state index contributed by atoms with van der Waals surface area (Å²) >= 11 is 7.56. The van der Waals surface area contributed by atoms with Crippen molar-refractivity contribution >= 4 is 45.0 Å². The zero-order chi connectivity index (χ0) is 21.1. The van der Waals surface area contributed by atoms with Gasteiger partial charge in [0.25, 0.3) is 0 Å². The Hall–Kier alpha value is -1.79. The van der Waals surface area contributed by atoms with Gasteiger partial charge in [-0.2, -0.15) is 0 Å². The average molecular weight is 439 g/mol. The molecule has 0 bridgehead atoms. The van der Waals surface area contributed by atoms with Crippen molar-refractivity contribution in [1.29, 1.82) is 0 Å². The molecule has 3 rings (SSSR count). The lowest BCUT2D eigenvalue weighted by Gasteiger charge is -2.36. The fourth-order valence-corrected chi connectivity index (χ4v) is 5.38. The number of esters is 2. The molecule has 0 amide bonds. The molecule has 158 valence electrons. The number of benzene rings is 1. The molecule has 3 unspecified atom stereocenters. The third-order valence-electron chi connectivity index (χ3n) is 5.59. The topological polar surface area (TPSA) is 61.8 Å². The Morgan fingerprint density at radius 3 is 2.72 bits per heavy atom. The molecule has 2 aromatic rings. The van der Waals surface area contributed by atoms with Crippen molar-refractivity contribution < 1.29 is 23.8 Å². The molecule has 1 aliphatic carbocycles. The first-order valence-electron chi connectivity index (χ1n) is 9.92. The second-order valence-corrected chi connectivity index (χ2v) is 9.47. The lowest BCUT2D eigenvalue weighted by Crippen LogP contribution is -2.36. The second kappa shape index (κ2) is 9.35. The third kappa shape index (κ3) is 5.04. The van der Waals surface area contributed by atoms with Gasteiger partial charge in [-0.05, 0) is 48.8 Å². The number of halogens is 1. The van der Waals surface area contributed by atoms with E-state index in [-0.39, 0.29) is 11.0 Å². The summed E-state index contributed by atoms with van der Waals surface area (Å²) < 4.78 is 16.9. The molecule has 5 nitrogen and oxygen atoms in total. The van der Waals surface area contributed by atoms with Crippen LogP contribution >= 0.6 is 22.9 Å². The van der Waals surface area contributed by atoms with E-state index in [0.717, 1.165) is 29.3 Å². The maximum Gasteiger partial charge on any atom is 0.350 e. The third-order valence-corrected chi connectivity index (χ3v) is 7.22. The molecule has 1 aromatic carbocycles. The van der Waals surface area contributed by atoms with Crippen LogP contribution in [0.1, 0.15) is 49.7 Å². The van der Waals surface area contributed by atoms with Gasteiger partial charge in [-0.3, -0.25) is 0 Å². The van der Waals surface area contributed by atoms with Crippen LogP contribution in [-0.2, 0) is 14.3 Å². The Bertz CT molecular complexity index is 891. The van der Waals surface area contributed by atoms with E-state index in [1.807, 2.05) is 6.07 Å².